The van der Waals surface area contributed by atoms with Crippen LogP contribution in [0.2, 0.25) is 0 Å². The van der Waals surface area contributed by atoms with Crippen LogP contribution >= 0.6 is 28.1 Å². The molecule has 0 fully saturated rings. The SMILES string of the molecule is CCOCCOc1cccc(NC(=S)NC(=O)c2ccc(OCCOC)c(Br)c2)c1. The summed E-state index contributed by atoms with van der Waals surface area (Å²) in [6.07, 6.45) is 0. The molecule has 2 aromatic carbocycles. The second-order valence-corrected chi connectivity index (χ2v) is 7.23. The molecule has 2 aromatic rings. The van der Waals surface area contributed by atoms with E-state index in [4.69, 9.17) is 31.2 Å². The highest BCUT2D eigenvalue weighted by Gasteiger charge is 2.11. The van der Waals surface area contributed by atoms with Gasteiger partial charge in [-0.1, -0.05) is 6.07 Å². The van der Waals surface area contributed by atoms with Gasteiger partial charge in [0.25, 0.3) is 5.91 Å². The van der Waals surface area contributed by atoms with Crippen molar-refractivity contribution in [2.24, 2.45) is 0 Å². The van der Waals surface area contributed by atoms with Crippen LogP contribution in [0.15, 0.2) is 46.9 Å². The van der Waals surface area contributed by atoms with Crippen molar-refractivity contribution in [1.29, 1.82) is 0 Å². The molecule has 0 spiro atoms. The van der Waals surface area contributed by atoms with Crippen molar-refractivity contribution in [2.75, 3.05) is 45.5 Å². The molecule has 0 atom stereocenters. The van der Waals surface area contributed by atoms with E-state index in [0.29, 0.717) is 60.3 Å². The molecular formula is C21H25BrN2O5S. The number of nitrogens with one attached hydrogen (secondary N) is 2. The number of carbonyl (C=O) groups is 1. The Kier molecular flexibility index (Phi) is 10.6. The third kappa shape index (κ3) is 8.27. The lowest BCUT2D eigenvalue weighted by atomic mass is 10.2. The number of halogens is 1. The molecule has 2 rings (SSSR count). The average molecular weight is 497 g/mol. The maximum Gasteiger partial charge on any atom is 0.257 e. The maximum absolute atomic E-state index is 12.5. The summed E-state index contributed by atoms with van der Waals surface area (Å²) in [6.45, 7) is 4.46. The zero-order valence-electron chi connectivity index (χ0n) is 16.9. The molecule has 0 aliphatic heterocycles. The van der Waals surface area contributed by atoms with E-state index >= 15 is 0 Å². The van der Waals surface area contributed by atoms with Crippen molar-refractivity contribution < 1.29 is 23.7 Å². The molecule has 0 aliphatic carbocycles. The molecule has 0 saturated carbocycles. The fraction of sp³-hybridized carbons (Fsp3) is 0.333. The second-order valence-electron chi connectivity index (χ2n) is 5.97. The minimum atomic E-state index is -0.333. The third-order valence-electron chi connectivity index (χ3n) is 3.76. The molecule has 0 aromatic heterocycles. The number of methoxy groups -OCH3 is 1. The summed E-state index contributed by atoms with van der Waals surface area (Å²) < 4.78 is 22.1. The van der Waals surface area contributed by atoms with Crippen molar-refractivity contribution >= 4 is 44.9 Å². The Balaban J connectivity index is 1.88. The summed E-state index contributed by atoms with van der Waals surface area (Å²) in [5.74, 6) is 0.980. The van der Waals surface area contributed by atoms with E-state index in [9.17, 15) is 4.79 Å². The molecular weight excluding hydrogens is 472 g/mol. The van der Waals surface area contributed by atoms with Gasteiger partial charge >= 0.3 is 0 Å². The van der Waals surface area contributed by atoms with Gasteiger partial charge < -0.3 is 24.3 Å². The Morgan fingerprint density at radius 2 is 1.87 bits per heavy atom. The standard InChI is InChI=1S/C21H25BrN2O5S/c1-3-27-10-12-28-17-6-4-5-16(14-17)23-21(30)24-20(25)15-7-8-19(18(22)13-15)29-11-9-26-2/h4-8,13-14H,3,9-12H2,1-2H3,(H2,23,24,25,30). The summed E-state index contributed by atoms with van der Waals surface area (Å²) in [4.78, 5) is 12.5. The largest absolute Gasteiger partial charge is 0.491 e. The van der Waals surface area contributed by atoms with Crippen LogP contribution < -0.4 is 20.1 Å². The molecule has 0 radical (unpaired) electrons. The Bertz CT molecular complexity index is 850. The molecule has 0 saturated heterocycles. The van der Waals surface area contributed by atoms with Crippen molar-refractivity contribution in [2.45, 2.75) is 6.92 Å². The lowest BCUT2D eigenvalue weighted by molar-refractivity contribution is 0.0977. The van der Waals surface area contributed by atoms with Crippen molar-refractivity contribution in [1.82, 2.24) is 5.32 Å². The van der Waals surface area contributed by atoms with Gasteiger partial charge in [-0.05, 0) is 65.4 Å². The number of rotatable bonds is 11. The first kappa shape index (κ1) is 24.1. The molecule has 0 aliphatic rings. The molecule has 2 N–H and O–H groups in total. The summed E-state index contributed by atoms with van der Waals surface area (Å²) in [6, 6.07) is 12.4. The molecule has 0 bridgehead atoms. The Morgan fingerprint density at radius 3 is 2.60 bits per heavy atom. The summed E-state index contributed by atoms with van der Waals surface area (Å²) in [5, 5.41) is 5.83. The summed E-state index contributed by atoms with van der Waals surface area (Å²) in [7, 11) is 1.61. The highest BCUT2D eigenvalue weighted by molar-refractivity contribution is 9.10. The lowest BCUT2D eigenvalue weighted by Gasteiger charge is -2.12. The molecule has 162 valence electrons. The predicted octanol–water partition coefficient (Wildman–Crippen LogP) is 4.02. The molecule has 30 heavy (non-hydrogen) atoms. The molecule has 7 nitrogen and oxygen atoms in total. The van der Waals surface area contributed by atoms with Gasteiger partial charge in [0.05, 0.1) is 17.7 Å². The maximum atomic E-state index is 12.5. The first-order valence-corrected chi connectivity index (χ1v) is 10.6. The first-order chi connectivity index (χ1) is 14.5. The van der Waals surface area contributed by atoms with Crippen LogP contribution in [0, 0.1) is 0 Å². The van der Waals surface area contributed by atoms with Crippen LogP contribution in [0.1, 0.15) is 17.3 Å². The molecule has 9 heteroatoms. The molecule has 1 amide bonds. The number of hydrogen-bond acceptors (Lipinski definition) is 6. The van der Waals surface area contributed by atoms with Gasteiger partial charge in [-0.2, -0.15) is 0 Å². The van der Waals surface area contributed by atoms with Crippen LogP contribution in [0.3, 0.4) is 0 Å². The predicted molar refractivity (Wildman–Crippen MR) is 124 cm³/mol. The van der Waals surface area contributed by atoms with Gasteiger partial charge in [0.2, 0.25) is 0 Å². The smallest absolute Gasteiger partial charge is 0.257 e. The first-order valence-electron chi connectivity index (χ1n) is 9.37. The van der Waals surface area contributed by atoms with Crippen LogP contribution in [0.5, 0.6) is 11.5 Å². The topological polar surface area (TPSA) is 78.1 Å². The van der Waals surface area contributed by atoms with Gasteiger partial charge in [0, 0.05) is 31.0 Å². The minimum absolute atomic E-state index is 0.183. The Labute approximate surface area is 190 Å². The highest BCUT2D eigenvalue weighted by atomic mass is 79.9. The fourth-order valence-electron chi connectivity index (χ4n) is 2.36. The second kappa shape index (κ2) is 13.2. The highest BCUT2D eigenvalue weighted by Crippen LogP contribution is 2.26. The van der Waals surface area contributed by atoms with E-state index in [2.05, 4.69) is 26.6 Å². The van der Waals surface area contributed by atoms with Gasteiger partial charge in [0.15, 0.2) is 5.11 Å². The fourth-order valence-corrected chi connectivity index (χ4v) is 3.06. The summed E-state index contributed by atoms with van der Waals surface area (Å²) >= 11 is 8.66. The number of benzene rings is 2. The zero-order valence-corrected chi connectivity index (χ0v) is 19.3. The number of hydrogen-bond donors (Lipinski definition) is 2. The molecule has 0 unspecified atom stereocenters. The Morgan fingerprint density at radius 1 is 1.07 bits per heavy atom. The number of carbonyl (C=O) groups excluding carboxylic acids is 1. The number of ether oxygens (including phenoxy) is 4. The number of thiocarbonyl (C=S) groups is 1. The normalized spacial score (nSPS) is 10.4. The summed E-state index contributed by atoms with van der Waals surface area (Å²) in [5.41, 5.74) is 1.15. The van der Waals surface area contributed by atoms with Crippen LogP contribution in [0.25, 0.3) is 0 Å². The average Bonchev–Trinajstić information content (AvgIpc) is 2.72. The zero-order chi connectivity index (χ0) is 21.8. The van der Waals surface area contributed by atoms with Crippen molar-refractivity contribution in [3.05, 3.63) is 52.5 Å². The van der Waals surface area contributed by atoms with E-state index < -0.39 is 0 Å². The van der Waals surface area contributed by atoms with E-state index in [1.165, 1.54) is 0 Å². The van der Waals surface area contributed by atoms with Crippen LogP contribution in [0.4, 0.5) is 5.69 Å². The van der Waals surface area contributed by atoms with E-state index in [-0.39, 0.29) is 11.0 Å². The van der Waals surface area contributed by atoms with Crippen LogP contribution in [-0.2, 0) is 9.47 Å². The van der Waals surface area contributed by atoms with Crippen molar-refractivity contribution in [3.8, 4) is 11.5 Å². The van der Waals surface area contributed by atoms with E-state index in [1.807, 2.05) is 25.1 Å². The van der Waals surface area contributed by atoms with E-state index in [1.54, 1.807) is 31.4 Å². The molecule has 0 heterocycles. The van der Waals surface area contributed by atoms with Gasteiger partial charge in [-0.3, -0.25) is 10.1 Å². The van der Waals surface area contributed by atoms with E-state index in [0.717, 1.165) is 0 Å². The van der Waals surface area contributed by atoms with Gasteiger partial charge in [-0.25, -0.2) is 0 Å². The van der Waals surface area contributed by atoms with Crippen molar-refractivity contribution in [3.63, 3.8) is 0 Å². The quantitative estimate of drug-likeness (QED) is 0.359. The third-order valence-corrected chi connectivity index (χ3v) is 4.58. The number of anilines is 1. The monoisotopic (exact) mass is 496 g/mol. The van der Waals surface area contributed by atoms with Crippen LogP contribution in [-0.4, -0.2) is 51.2 Å². The Hall–Kier alpha value is -2.20. The van der Waals surface area contributed by atoms with Gasteiger partial charge in [-0.15, -0.1) is 0 Å². The minimum Gasteiger partial charge on any atom is -0.491 e. The number of amides is 1. The lowest BCUT2D eigenvalue weighted by Crippen LogP contribution is -2.34. The van der Waals surface area contributed by atoms with Gasteiger partial charge in [0.1, 0.15) is 24.7 Å².